The number of nitrogens with one attached hydrogen (secondary N) is 1. The van der Waals surface area contributed by atoms with E-state index in [1.165, 1.54) is 6.08 Å². The van der Waals surface area contributed by atoms with E-state index >= 15 is 0 Å². The van der Waals surface area contributed by atoms with Crippen molar-refractivity contribution in [3.8, 4) is 17.2 Å². The van der Waals surface area contributed by atoms with Crippen LogP contribution in [0.2, 0.25) is 0 Å². The van der Waals surface area contributed by atoms with E-state index in [1.807, 2.05) is 56.3 Å². The quantitative estimate of drug-likeness (QED) is 0.695. The lowest BCUT2D eigenvalue weighted by Gasteiger charge is -2.12. The second-order valence-electron chi connectivity index (χ2n) is 5.47. The molecular formula is C21H25NO4. The molecule has 2 rings (SSSR count). The Balaban J connectivity index is 1.93. The lowest BCUT2D eigenvalue weighted by Crippen LogP contribution is -2.20. The minimum absolute atomic E-state index is 0.160. The Labute approximate surface area is 154 Å². The summed E-state index contributed by atoms with van der Waals surface area (Å²) in [6.45, 7) is 5.40. The Kier molecular flexibility index (Phi) is 7.55. The van der Waals surface area contributed by atoms with Gasteiger partial charge in [-0.3, -0.25) is 4.79 Å². The number of carbonyl (C=O) groups excluding carboxylic acids is 1. The maximum absolute atomic E-state index is 12.0. The highest BCUT2D eigenvalue weighted by Crippen LogP contribution is 2.28. The number of hydrogen-bond donors (Lipinski definition) is 1. The van der Waals surface area contributed by atoms with Crippen molar-refractivity contribution in [1.29, 1.82) is 0 Å². The van der Waals surface area contributed by atoms with Crippen molar-refractivity contribution in [3.63, 3.8) is 0 Å². The molecule has 0 atom stereocenters. The molecule has 0 heterocycles. The van der Waals surface area contributed by atoms with Gasteiger partial charge in [0, 0.05) is 12.6 Å². The van der Waals surface area contributed by atoms with Crippen molar-refractivity contribution in [2.24, 2.45) is 0 Å². The Morgan fingerprint density at radius 3 is 2.35 bits per heavy atom. The molecule has 0 aliphatic carbocycles. The average Bonchev–Trinajstić information content (AvgIpc) is 2.67. The lowest BCUT2D eigenvalue weighted by molar-refractivity contribution is -0.116. The van der Waals surface area contributed by atoms with E-state index < -0.39 is 0 Å². The molecular weight excluding hydrogens is 330 g/mol. The third-order valence-electron chi connectivity index (χ3n) is 3.62. The van der Waals surface area contributed by atoms with Gasteiger partial charge < -0.3 is 19.5 Å². The van der Waals surface area contributed by atoms with Gasteiger partial charge in [-0.1, -0.05) is 18.2 Å². The molecule has 1 N–H and O–H groups in total. The highest BCUT2D eigenvalue weighted by molar-refractivity contribution is 5.91. The Morgan fingerprint density at radius 1 is 1.00 bits per heavy atom. The monoisotopic (exact) mass is 355 g/mol. The van der Waals surface area contributed by atoms with Crippen LogP contribution in [0.4, 0.5) is 0 Å². The minimum atomic E-state index is -0.160. The van der Waals surface area contributed by atoms with Gasteiger partial charge in [0.05, 0.1) is 20.3 Å². The first-order valence-electron chi connectivity index (χ1n) is 8.64. The third-order valence-corrected chi connectivity index (χ3v) is 3.62. The molecule has 0 aromatic heterocycles. The first-order valence-corrected chi connectivity index (χ1v) is 8.64. The first-order chi connectivity index (χ1) is 12.7. The third kappa shape index (κ3) is 5.84. The number of hydrogen-bond acceptors (Lipinski definition) is 4. The highest BCUT2D eigenvalue weighted by atomic mass is 16.5. The fourth-order valence-corrected chi connectivity index (χ4v) is 2.34. The van der Waals surface area contributed by atoms with Gasteiger partial charge in [0.25, 0.3) is 0 Å². The standard InChI is InChI=1S/C21H25NO4/c1-4-25-19-12-8-17(14-20(19)26-5-2)15-22-21(23)13-9-16-6-10-18(24-3)11-7-16/h6-14H,4-5,15H2,1-3H3,(H,22,23)/b13-9+. The first kappa shape index (κ1) is 19.4. The van der Waals surface area contributed by atoms with Gasteiger partial charge in [0.15, 0.2) is 11.5 Å². The van der Waals surface area contributed by atoms with Gasteiger partial charge in [0.1, 0.15) is 5.75 Å². The zero-order valence-corrected chi connectivity index (χ0v) is 15.5. The number of methoxy groups -OCH3 is 1. The molecule has 26 heavy (non-hydrogen) atoms. The molecule has 0 radical (unpaired) electrons. The normalized spacial score (nSPS) is 10.6. The van der Waals surface area contributed by atoms with Crippen LogP contribution in [0.25, 0.3) is 6.08 Å². The van der Waals surface area contributed by atoms with E-state index in [0.29, 0.717) is 31.3 Å². The molecule has 5 nitrogen and oxygen atoms in total. The number of rotatable bonds is 9. The van der Waals surface area contributed by atoms with E-state index in [4.69, 9.17) is 14.2 Å². The summed E-state index contributed by atoms with van der Waals surface area (Å²) in [5.74, 6) is 2.03. The molecule has 0 bridgehead atoms. The van der Waals surface area contributed by atoms with Crippen LogP contribution in [0.3, 0.4) is 0 Å². The molecule has 0 aliphatic heterocycles. The molecule has 5 heteroatoms. The van der Waals surface area contributed by atoms with Crippen molar-refractivity contribution in [3.05, 3.63) is 59.7 Å². The molecule has 0 unspecified atom stereocenters. The van der Waals surface area contributed by atoms with Gasteiger partial charge in [-0.25, -0.2) is 0 Å². The van der Waals surface area contributed by atoms with Crippen molar-refractivity contribution < 1.29 is 19.0 Å². The maximum Gasteiger partial charge on any atom is 0.244 e. The summed E-state index contributed by atoms with van der Waals surface area (Å²) in [4.78, 5) is 12.0. The van der Waals surface area contributed by atoms with Crippen LogP contribution < -0.4 is 19.5 Å². The SMILES string of the molecule is CCOc1ccc(CNC(=O)/C=C/c2ccc(OC)cc2)cc1OCC. The van der Waals surface area contributed by atoms with Crippen LogP contribution in [-0.4, -0.2) is 26.2 Å². The van der Waals surface area contributed by atoms with Gasteiger partial charge in [0.2, 0.25) is 5.91 Å². The van der Waals surface area contributed by atoms with Crippen LogP contribution >= 0.6 is 0 Å². The fourth-order valence-electron chi connectivity index (χ4n) is 2.34. The number of amides is 1. The summed E-state index contributed by atoms with van der Waals surface area (Å²) in [5.41, 5.74) is 1.88. The Hall–Kier alpha value is -2.95. The van der Waals surface area contributed by atoms with Crippen LogP contribution in [0, 0.1) is 0 Å². The molecule has 0 fully saturated rings. The van der Waals surface area contributed by atoms with Crippen LogP contribution in [0.1, 0.15) is 25.0 Å². The van der Waals surface area contributed by atoms with Crippen molar-refractivity contribution in [2.75, 3.05) is 20.3 Å². The molecule has 0 saturated heterocycles. The molecule has 1 amide bonds. The Morgan fingerprint density at radius 2 is 1.69 bits per heavy atom. The predicted molar refractivity (Wildman–Crippen MR) is 103 cm³/mol. The molecule has 138 valence electrons. The number of carbonyl (C=O) groups is 1. The van der Waals surface area contributed by atoms with E-state index in [2.05, 4.69) is 5.32 Å². The van der Waals surface area contributed by atoms with Crippen LogP contribution in [0.5, 0.6) is 17.2 Å². The van der Waals surface area contributed by atoms with E-state index in [9.17, 15) is 4.79 Å². The average molecular weight is 355 g/mol. The Bertz CT molecular complexity index is 738. The molecule has 0 saturated carbocycles. The molecule has 2 aromatic carbocycles. The molecule has 0 aliphatic rings. The second kappa shape index (κ2) is 10.1. The second-order valence-corrected chi connectivity index (χ2v) is 5.47. The maximum atomic E-state index is 12.0. The highest BCUT2D eigenvalue weighted by Gasteiger charge is 2.06. The van der Waals surface area contributed by atoms with Crippen molar-refractivity contribution in [2.45, 2.75) is 20.4 Å². The zero-order chi connectivity index (χ0) is 18.8. The number of benzene rings is 2. The smallest absolute Gasteiger partial charge is 0.244 e. The van der Waals surface area contributed by atoms with Crippen molar-refractivity contribution in [1.82, 2.24) is 5.32 Å². The largest absolute Gasteiger partial charge is 0.497 e. The fraction of sp³-hybridized carbons (Fsp3) is 0.286. The van der Waals surface area contributed by atoms with E-state index in [0.717, 1.165) is 16.9 Å². The summed E-state index contributed by atoms with van der Waals surface area (Å²) in [7, 11) is 1.62. The lowest BCUT2D eigenvalue weighted by atomic mass is 10.2. The molecule has 0 spiro atoms. The zero-order valence-electron chi connectivity index (χ0n) is 15.5. The topological polar surface area (TPSA) is 56.8 Å². The number of ether oxygens (including phenoxy) is 3. The van der Waals surface area contributed by atoms with Gasteiger partial charge >= 0.3 is 0 Å². The summed E-state index contributed by atoms with van der Waals surface area (Å²) in [5, 5.41) is 2.87. The summed E-state index contributed by atoms with van der Waals surface area (Å²) in [6, 6.07) is 13.2. The predicted octanol–water partition coefficient (Wildman–Crippen LogP) is 3.82. The van der Waals surface area contributed by atoms with E-state index in [1.54, 1.807) is 13.2 Å². The van der Waals surface area contributed by atoms with E-state index in [-0.39, 0.29) is 5.91 Å². The van der Waals surface area contributed by atoms with Crippen LogP contribution in [-0.2, 0) is 11.3 Å². The van der Waals surface area contributed by atoms with Crippen molar-refractivity contribution >= 4 is 12.0 Å². The minimum Gasteiger partial charge on any atom is -0.497 e. The van der Waals surface area contributed by atoms with Gasteiger partial charge in [-0.2, -0.15) is 0 Å². The summed E-state index contributed by atoms with van der Waals surface area (Å²) >= 11 is 0. The summed E-state index contributed by atoms with van der Waals surface area (Å²) < 4.78 is 16.3. The summed E-state index contributed by atoms with van der Waals surface area (Å²) in [6.07, 6.45) is 3.28. The van der Waals surface area contributed by atoms with Gasteiger partial charge in [-0.05, 0) is 55.3 Å². The van der Waals surface area contributed by atoms with Gasteiger partial charge in [-0.15, -0.1) is 0 Å². The van der Waals surface area contributed by atoms with Crippen LogP contribution in [0.15, 0.2) is 48.5 Å². The molecule has 2 aromatic rings.